The van der Waals surface area contributed by atoms with Crippen LogP contribution in [0.25, 0.3) is 21.5 Å². The van der Waals surface area contributed by atoms with Crippen molar-refractivity contribution in [3.63, 3.8) is 0 Å². The zero-order chi connectivity index (χ0) is 19.0. The van der Waals surface area contributed by atoms with Gasteiger partial charge < -0.3 is 4.90 Å². The van der Waals surface area contributed by atoms with Gasteiger partial charge in [0.2, 0.25) is 0 Å². The second-order valence-electron chi connectivity index (χ2n) is 6.81. The van der Waals surface area contributed by atoms with Crippen LogP contribution in [0.1, 0.15) is 47.1 Å². The van der Waals surface area contributed by atoms with E-state index in [0.29, 0.717) is 0 Å². The Balaban J connectivity index is 0.000000461. The van der Waals surface area contributed by atoms with Crippen LogP contribution in [0.3, 0.4) is 0 Å². The van der Waals surface area contributed by atoms with Gasteiger partial charge in [-0.25, -0.2) is 0 Å². The summed E-state index contributed by atoms with van der Waals surface area (Å²) in [5.74, 6) is 0.833. The number of hydrogen-bond donors (Lipinski definition) is 0. The highest BCUT2D eigenvalue weighted by atomic mass is 15.1. The van der Waals surface area contributed by atoms with E-state index in [1.54, 1.807) is 0 Å². The van der Waals surface area contributed by atoms with Crippen LogP contribution >= 0.6 is 0 Å². The van der Waals surface area contributed by atoms with Gasteiger partial charge in [0, 0.05) is 24.7 Å². The second kappa shape index (κ2) is 10.1. The summed E-state index contributed by atoms with van der Waals surface area (Å²) in [4.78, 5) is 2.34. The Labute approximate surface area is 154 Å². The molecule has 3 rings (SSSR count). The first-order valence-corrected chi connectivity index (χ1v) is 9.58. The van der Waals surface area contributed by atoms with E-state index >= 15 is 0 Å². The average Bonchev–Trinajstić information content (AvgIpc) is 2.63. The highest BCUT2D eigenvalue weighted by Gasteiger charge is 2.12. The van der Waals surface area contributed by atoms with E-state index in [1.165, 1.54) is 32.8 Å². The third kappa shape index (κ3) is 4.98. The number of rotatable bonds is 2. The SMILES string of the molecule is CC.CC(C)C.CCN(C)c1c(C)c2ccccc2c2ccccc12. The van der Waals surface area contributed by atoms with Crippen LogP contribution in [0, 0.1) is 12.8 Å². The van der Waals surface area contributed by atoms with Gasteiger partial charge in [0.25, 0.3) is 0 Å². The fraction of sp³-hybridized carbons (Fsp3) is 0.417. The molecule has 25 heavy (non-hydrogen) atoms. The maximum absolute atomic E-state index is 2.34. The monoisotopic (exact) mass is 337 g/mol. The van der Waals surface area contributed by atoms with E-state index in [9.17, 15) is 0 Å². The minimum atomic E-state index is 0.833. The summed E-state index contributed by atoms with van der Waals surface area (Å²) >= 11 is 0. The van der Waals surface area contributed by atoms with Gasteiger partial charge in [0.15, 0.2) is 0 Å². The lowest BCUT2D eigenvalue weighted by Gasteiger charge is -2.23. The topological polar surface area (TPSA) is 3.24 Å². The lowest BCUT2D eigenvalue weighted by atomic mass is 9.95. The van der Waals surface area contributed by atoms with E-state index < -0.39 is 0 Å². The van der Waals surface area contributed by atoms with Crippen molar-refractivity contribution in [2.75, 3.05) is 18.5 Å². The molecular formula is C24H35N. The molecule has 0 aromatic heterocycles. The first-order chi connectivity index (χ1) is 12.0. The standard InChI is InChI=1S/C18H19N.C4H10.C2H6/c1-4-19(3)18-13(2)14-9-5-6-10-15(14)16-11-7-8-12-17(16)18;1-4(2)3;1-2/h5-12H,4H2,1-3H3;4H,1-3H3;1-2H3. The van der Waals surface area contributed by atoms with Crippen LogP contribution in [0.5, 0.6) is 0 Å². The predicted molar refractivity (Wildman–Crippen MR) is 117 cm³/mol. The van der Waals surface area contributed by atoms with Gasteiger partial charge in [-0.15, -0.1) is 0 Å². The Kier molecular flexibility index (Phi) is 8.48. The molecule has 136 valence electrons. The van der Waals surface area contributed by atoms with Crippen molar-refractivity contribution in [3.05, 3.63) is 54.1 Å². The maximum atomic E-state index is 2.34. The van der Waals surface area contributed by atoms with Crippen molar-refractivity contribution in [2.24, 2.45) is 5.92 Å². The third-order valence-electron chi connectivity index (χ3n) is 4.01. The fourth-order valence-corrected chi connectivity index (χ4v) is 2.95. The quantitative estimate of drug-likeness (QED) is 0.439. The molecule has 0 spiro atoms. The zero-order valence-corrected chi connectivity index (χ0v) is 17.4. The van der Waals surface area contributed by atoms with Crippen LogP contribution < -0.4 is 4.90 Å². The van der Waals surface area contributed by atoms with Gasteiger partial charge in [-0.2, -0.15) is 0 Å². The lowest BCUT2D eigenvalue weighted by Crippen LogP contribution is -2.17. The molecule has 0 radical (unpaired) electrons. The smallest absolute Gasteiger partial charge is 0.0479 e. The van der Waals surface area contributed by atoms with Gasteiger partial charge in [-0.3, -0.25) is 0 Å². The molecule has 3 aromatic rings. The molecule has 0 N–H and O–H groups in total. The Morgan fingerprint density at radius 1 is 0.760 bits per heavy atom. The van der Waals surface area contributed by atoms with Gasteiger partial charge in [0.05, 0.1) is 0 Å². The molecule has 0 aliphatic rings. The molecule has 0 aliphatic carbocycles. The summed E-state index contributed by atoms with van der Waals surface area (Å²) in [5, 5.41) is 5.41. The second-order valence-corrected chi connectivity index (χ2v) is 6.81. The normalized spacial score (nSPS) is 10.1. The Morgan fingerprint density at radius 3 is 1.56 bits per heavy atom. The highest BCUT2D eigenvalue weighted by Crippen LogP contribution is 2.37. The molecule has 0 aliphatic heterocycles. The van der Waals surface area contributed by atoms with E-state index in [2.05, 4.69) is 95.1 Å². The summed E-state index contributed by atoms with van der Waals surface area (Å²) < 4.78 is 0. The Morgan fingerprint density at radius 2 is 1.12 bits per heavy atom. The van der Waals surface area contributed by atoms with Gasteiger partial charge >= 0.3 is 0 Å². The van der Waals surface area contributed by atoms with Crippen molar-refractivity contribution in [3.8, 4) is 0 Å². The number of benzene rings is 3. The minimum Gasteiger partial charge on any atom is -0.374 e. The minimum absolute atomic E-state index is 0.833. The largest absolute Gasteiger partial charge is 0.374 e. The van der Waals surface area contributed by atoms with Crippen molar-refractivity contribution >= 4 is 27.2 Å². The van der Waals surface area contributed by atoms with E-state index in [1.807, 2.05) is 13.8 Å². The summed E-state index contributed by atoms with van der Waals surface area (Å²) in [6.07, 6.45) is 0. The molecule has 0 bridgehead atoms. The van der Waals surface area contributed by atoms with Crippen molar-refractivity contribution in [2.45, 2.75) is 48.5 Å². The molecule has 1 heteroatoms. The van der Waals surface area contributed by atoms with Crippen LogP contribution in [0.2, 0.25) is 0 Å². The summed E-state index contributed by atoms with van der Waals surface area (Å²) in [6, 6.07) is 17.4. The van der Waals surface area contributed by atoms with E-state index in [0.717, 1.165) is 12.5 Å². The molecule has 0 amide bonds. The number of nitrogens with zero attached hydrogens (tertiary/aromatic N) is 1. The molecule has 0 saturated carbocycles. The molecule has 0 heterocycles. The first-order valence-electron chi connectivity index (χ1n) is 9.58. The van der Waals surface area contributed by atoms with Crippen LogP contribution in [0.4, 0.5) is 5.69 Å². The molecule has 0 unspecified atom stereocenters. The molecule has 0 saturated heterocycles. The highest BCUT2D eigenvalue weighted by molar-refractivity contribution is 6.15. The first kappa shape index (κ1) is 21.0. The third-order valence-corrected chi connectivity index (χ3v) is 4.01. The average molecular weight is 338 g/mol. The van der Waals surface area contributed by atoms with Crippen LogP contribution in [-0.4, -0.2) is 13.6 Å². The lowest BCUT2D eigenvalue weighted by molar-refractivity contribution is 0.737. The summed E-state index contributed by atoms with van der Waals surface area (Å²) in [6.45, 7) is 15.9. The van der Waals surface area contributed by atoms with Gasteiger partial charge in [-0.05, 0) is 41.5 Å². The molecule has 0 atom stereocenters. The molecular weight excluding hydrogens is 302 g/mol. The summed E-state index contributed by atoms with van der Waals surface area (Å²) in [5.41, 5.74) is 2.73. The van der Waals surface area contributed by atoms with E-state index in [-0.39, 0.29) is 0 Å². The molecule has 0 fully saturated rings. The van der Waals surface area contributed by atoms with Crippen LogP contribution in [-0.2, 0) is 0 Å². The van der Waals surface area contributed by atoms with Gasteiger partial charge in [-0.1, -0.05) is 83.1 Å². The Hall–Kier alpha value is -2.02. The van der Waals surface area contributed by atoms with Crippen molar-refractivity contribution < 1.29 is 0 Å². The van der Waals surface area contributed by atoms with Crippen molar-refractivity contribution in [1.29, 1.82) is 0 Å². The number of aryl methyl sites for hydroxylation is 1. The molecule has 1 nitrogen and oxygen atoms in total. The number of anilines is 1. The van der Waals surface area contributed by atoms with Crippen molar-refractivity contribution in [1.82, 2.24) is 0 Å². The van der Waals surface area contributed by atoms with Gasteiger partial charge in [0.1, 0.15) is 0 Å². The maximum Gasteiger partial charge on any atom is 0.0479 e. The van der Waals surface area contributed by atoms with E-state index in [4.69, 9.17) is 0 Å². The Bertz CT molecular complexity index is 784. The predicted octanol–water partition coefficient (Wildman–Crippen LogP) is 7.45. The zero-order valence-electron chi connectivity index (χ0n) is 17.4. The number of fused-ring (bicyclic) bond motifs is 3. The summed E-state index contributed by atoms with van der Waals surface area (Å²) in [7, 11) is 2.17. The molecule has 3 aromatic carbocycles. The van der Waals surface area contributed by atoms with Crippen LogP contribution in [0.15, 0.2) is 48.5 Å². The fourth-order valence-electron chi connectivity index (χ4n) is 2.95. The number of hydrogen-bond acceptors (Lipinski definition) is 1.